The van der Waals surface area contributed by atoms with E-state index < -0.39 is 26.8 Å². The number of esters is 1. The number of ether oxygens (including phenoxy) is 1. The van der Waals surface area contributed by atoms with E-state index in [-0.39, 0.29) is 29.2 Å². The Bertz CT molecular complexity index is 624. The second kappa shape index (κ2) is 4.96. The third kappa shape index (κ3) is 3.08. The van der Waals surface area contributed by atoms with Gasteiger partial charge in [0.1, 0.15) is 11.7 Å². The third-order valence-corrected chi connectivity index (χ3v) is 4.52. The SMILES string of the molecule is O=C(OC1CCS(=O)(=O)C1)c1ccccc1[N+](=O)[O-]. The number of rotatable bonds is 3. The summed E-state index contributed by atoms with van der Waals surface area (Å²) in [6.45, 7) is 0. The van der Waals surface area contributed by atoms with E-state index in [1.807, 2.05) is 0 Å². The van der Waals surface area contributed by atoms with Gasteiger partial charge in [-0.05, 0) is 12.5 Å². The van der Waals surface area contributed by atoms with Crippen molar-refractivity contribution in [1.29, 1.82) is 0 Å². The minimum absolute atomic E-state index is 0.0260. The fraction of sp³-hybridized carbons (Fsp3) is 0.364. The second-order valence-electron chi connectivity index (χ2n) is 4.20. The Morgan fingerprint density at radius 1 is 1.37 bits per heavy atom. The summed E-state index contributed by atoms with van der Waals surface area (Å²) in [6.07, 6.45) is -0.494. The van der Waals surface area contributed by atoms with Crippen LogP contribution >= 0.6 is 0 Å². The lowest BCUT2D eigenvalue weighted by molar-refractivity contribution is -0.385. The first-order valence-corrected chi connectivity index (χ1v) is 7.36. The standard InChI is InChI=1S/C11H11NO6S/c13-11(18-8-5-6-19(16,17)7-8)9-3-1-2-4-10(9)12(14)15/h1-4,8H,5-7H2. The van der Waals surface area contributed by atoms with Crippen LogP contribution in [0.25, 0.3) is 0 Å². The lowest BCUT2D eigenvalue weighted by Gasteiger charge is -2.10. The predicted molar refractivity (Wildman–Crippen MR) is 65.6 cm³/mol. The number of benzene rings is 1. The highest BCUT2D eigenvalue weighted by Gasteiger charge is 2.32. The molecule has 0 N–H and O–H groups in total. The van der Waals surface area contributed by atoms with Crippen molar-refractivity contribution in [3.8, 4) is 0 Å². The molecular formula is C11H11NO6S. The number of nitro benzene ring substituents is 1. The fourth-order valence-corrected chi connectivity index (χ4v) is 3.46. The lowest BCUT2D eigenvalue weighted by atomic mass is 10.2. The zero-order valence-electron chi connectivity index (χ0n) is 9.81. The molecule has 1 aromatic carbocycles. The average Bonchev–Trinajstić information content (AvgIpc) is 2.68. The molecule has 19 heavy (non-hydrogen) atoms. The van der Waals surface area contributed by atoms with Crippen molar-refractivity contribution in [2.75, 3.05) is 11.5 Å². The number of nitro groups is 1. The molecule has 0 aliphatic carbocycles. The van der Waals surface area contributed by atoms with Crippen molar-refractivity contribution in [1.82, 2.24) is 0 Å². The summed E-state index contributed by atoms with van der Waals surface area (Å²) >= 11 is 0. The van der Waals surface area contributed by atoms with Crippen LogP contribution in [0.5, 0.6) is 0 Å². The minimum atomic E-state index is -3.16. The zero-order chi connectivity index (χ0) is 14.0. The summed E-state index contributed by atoms with van der Waals surface area (Å²) in [5, 5.41) is 10.8. The highest BCUT2D eigenvalue weighted by Crippen LogP contribution is 2.21. The van der Waals surface area contributed by atoms with Gasteiger partial charge in [-0.1, -0.05) is 12.1 Å². The van der Waals surface area contributed by atoms with Crippen LogP contribution in [0.2, 0.25) is 0 Å². The lowest BCUT2D eigenvalue weighted by Crippen LogP contribution is -2.20. The highest BCUT2D eigenvalue weighted by atomic mass is 32.2. The van der Waals surface area contributed by atoms with E-state index in [0.29, 0.717) is 0 Å². The molecule has 0 radical (unpaired) electrons. The van der Waals surface area contributed by atoms with Gasteiger partial charge in [0, 0.05) is 6.07 Å². The maximum atomic E-state index is 11.8. The van der Waals surface area contributed by atoms with Gasteiger partial charge in [0.25, 0.3) is 5.69 Å². The van der Waals surface area contributed by atoms with E-state index in [4.69, 9.17) is 4.74 Å². The number of para-hydroxylation sites is 1. The van der Waals surface area contributed by atoms with E-state index in [1.165, 1.54) is 24.3 Å². The van der Waals surface area contributed by atoms with Gasteiger partial charge < -0.3 is 4.74 Å². The van der Waals surface area contributed by atoms with Gasteiger partial charge in [-0.15, -0.1) is 0 Å². The summed E-state index contributed by atoms with van der Waals surface area (Å²) in [6, 6.07) is 5.40. The van der Waals surface area contributed by atoms with Crippen molar-refractivity contribution < 1.29 is 22.9 Å². The molecule has 1 heterocycles. The molecule has 1 aromatic rings. The number of hydrogen-bond donors (Lipinski definition) is 0. The van der Waals surface area contributed by atoms with Crippen LogP contribution in [0, 0.1) is 10.1 Å². The van der Waals surface area contributed by atoms with E-state index in [9.17, 15) is 23.3 Å². The second-order valence-corrected chi connectivity index (χ2v) is 6.43. The van der Waals surface area contributed by atoms with Crippen LogP contribution in [0.4, 0.5) is 5.69 Å². The van der Waals surface area contributed by atoms with Gasteiger partial charge in [0.15, 0.2) is 9.84 Å². The molecule has 1 aliphatic rings. The van der Waals surface area contributed by atoms with Crippen molar-refractivity contribution in [2.45, 2.75) is 12.5 Å². The maximum absolute atomic E-state index is 11.8. The Kier molecular flexibility index (Phi) is 3.52. The first kappa shape index (κ1) is 13.5. The Morgan fingerprint density at radius 3 is 2.63 bits per heavy atom. The first-order chi connectivity index (χ1) is 8.89. The molecule has 1 saturated heterocycles. The van der Waals surface area contributed by atoms with Crippen LogP contribution in [-0.2, 0) is 14.6 Å². The monoisotopic (exact) mass is 285 g/mol. The molecule has 1 fully saturated rings. The Labute approximate surface area is 109 Å². The zero-order valence-corrected chi connectivity index (χ0v) is 10.6. The van der Waals surface area contributed by atoms with Crippen molar-refractivity contribution >= 4 is 21.5 Å². The minimum Gasteiger partial charge on any atom is -0.457 e. The van der Waals surface area contributed by atoms with Crippen molar-refractivity contribution in [2.24, 2.45) is 0 Å². The molecule has 0 bridgehead atoms. The highest BCUT2D eigenvalue weighted by molar-refractivity contribution is 7.91. The van der Waals surface area contributed by atoms with E-state index in [1.54, 1.807) is 0 Å². The molecule has 102 valence electrons. The molecule has 1 atom stereocenters. The van der Waals surface area contributed by atoms with Gasteiger partial charge in [0.05, 0.1) is 16.4 Å². The normalized spacial score (nSPS) is 20.9. The van der Waals surface area contributed by atoms with Crippen LogP contribution in [0.1, 0.15) is 16.8 Å². The smallest absolute Gasteiger partial charge is 0.345 e. The summed E-state index contributed by atoms with van der Waals surface area (Å²) in [4.78, 5) is 21.9. The van der Waals surface area contributed by atoms with Gasteiger partial charge >= 0.3 is 5.97 Å². The fourth-order valence-electron chi connectivity index (χ4n) is 1.87. The van der Waals surface area contributed by atoms with E-state index in [0.717, 1.165) is 0 Å². The molecule has 0 spiro atoms. The largest absolute Gasteiger partial charge is 0.457 e. The van der Waals surface area contributed by atoms with Crippen molar-refractivity contribution in [3.05, 3.63) is 39.9 Å². The van der Waals surface area contributed by atoms with Crippen LogP contribution in [0.3, 0.4) is 0 Å². The molecule has 1 unspecified atom stereocenters. The Balaban J connectivity index is 2.15. The molecule has 0 saturated carbocycles. The molecule has 2 rings (SSSR count). The molecule has 1 aliphatic heterocycles. The first-order valence-electron chi connectivity index (χ1n) is 5.54. The average molecular weight is 285 g/mol. The molecule has 0 amide bonds. The van der Waals surface area contributed by atoms with Gasteiger partial charge in [0.2, 0.25) is 0 Å². The summed E-state index contributed by atoms with van der Waals surface area (Å²) in [5.74, 6) is -1.12. The molecule has 0 aromatic heterocycles. The number of sulfone groups is 1. The van der Waals surface area contributed by atoms with Crippen LogP contribution in [-0.4, -0.2) is 36.9 Å². The van der Waals surface area contributed by atoms with Gasteiger partial charge in [-0.2, -0.15) is 0 Å². The summed E-state index contributed by atoms with van der Waals surface area (Å²) in [5.41, 5.74) is -0.523. The molecular weight excluding hydrogens is 274 g/mol. The topological polar surface area (TPSA) is 104 Å². The molecule has 8 heteroatoms. The quantitative estimate of drug-likeness (QED) is 0.465. The summed E-state index contributed by atoms with van der Waals surface area (Å²) in [7, 11) is -3.16. The predicted octanol–water partition coefficient (Wildman–Crippen LogP) is 0.939. The van der Waals surface area contributed by atoms with Crippen molar-refractivity contribution in [3.63, 3.8) is 0 Å². The Hall–Kier alpha value is -1.96. The number of carbonyl (C=O) groups is 1. The number of hydrogen-bond acceptors (Lipinski definition) is 6. The summed E-state index contributed by atoms with van der Waals surface area (Å²) < 4.78 is 27.5. The third-order valence-electron chi connectivity index (χ3n) is 2.79. The number of nitrogens with zero attached hydrogens (tertiary/aromatic N) is 1. The van der Waals surface area contributed by atoms with E-state index >= 15 is 0 Å². The van der Waals surface area contributed by atoms with Crippen LogP contribution in [0.15, 0.2) is 24.3 Å². The Morgan fingerprint density at radius 2 is 2.05 bits per heavy atom. The van der Waals surface area contributed by atoms with Gasteiger partial charge in [-0.25, -0.2) is 13.2 Å². The van der Waals surface area contributed by atoms with Gasteiger partial charge in [-0.3, -0.25) is 10.1 Å². The van der Waals surface area contributed by atoms with E-state index in [2.05, 4.69) is 0 Å². The van der Waals surface area contributed by atoms with Crippen LogP contribution < -0.4 is 0 Å². The maximum Gasteiger partial charge on any atom is 0.345 e. The molecule has 7 nitrogen and oxygen atoms in total. The number of carbonyl (C=O) groups excluding carboxylic acids is 1.